The molecular weight excluding hydrogens is 554 g/mol. The number of pyridine rings is 1. The number of fused-ring (bicyclic) bond motifs is 1. The van der Waals surface area contributed by atoms with E-state index in [1.165, 1.54) is 56.7 Å². The van der Waals surface area contributed by atoms with E-state index in [1.54, 1.807) is 31.2 Å². The van der Waals surface area contributed by atoms with Gasteiger partial charge in [0.05, 0.1) is 33.1 Å². The van der Waals surface area contributed by atoms with Crippen LogP contribution in [0.2, 0.25) is 0 Å². The number of likely N-dealkylation sites (tertiary alicyclic amines) is 1. The second-order valence-electron chi connectivity index (χ2n) is 9.78. The number of anilines is 1. The molecule has 3 atom stereocenters. The second-order valence-corrected chi connectivity index (χ2v) is 11.5. The molecule has 2 aromatic carbocycles. The molecule has 0 spiro atoms. The minimum absolute atomic E-state index is 0.000102. The maximum absolute atomic E-state index is 15.0. The van der Waals surface area contributed by atoms with Crippen LogP contribution in [0.25, 0.3) is 0 Å². The lowest BCUT2D eigenvalue weighted by Crippen LogP contribution is -2.58. The van der Waals surface area contributed by atoms with E-state index in [1.807, 2.05) is 0 Å². The Morgan fingerprint density at radius 1 is 1.05 bits per heavy atom. The number of amides is 1. The van der Waals surface area contributed by atoms with Crippen LogP contribution in [0, 0.1) is 6.92 Å². The molecule has 5 rings (SSSR count). The van der Waals surface area contributed by atoms with Crippen molar-refractivity contribution in [3.63, 3.8) is 0 Å². The fourth-order valence-electron chi connectivity index (χ4n) is 5.75. The van der Waals surface area contributed by atoms with E-state index in [4.69, 9.17) is 14.2 Å². The van der Waals surface area contributed by atoms with Crippen molar-refractivity contribution in [3.8, 4) is 17.4 Å². The van der Waals surface area contributed by atoms with Gasteiger partial charge in [-0.3, -0.25) is 14.5 Å². The third kappa shape index (κ3) is 4.19. The van der Waals surface area contributed by atoms with Crippen LogP contribution in [0.5, 0.6) is 17.4 Å². The van der Waals surface area contributed by atoms with Crippen molar-refractivity contribution >= 4 is 27.6 Å². The van der Waals surface area contributed by atoms with Crippen molar-refractivity contribution in [2.45, 2.75) is 35.9 Å². The van der Waals surface area contributed by atoms with E-state index in [-0.39, 0.29) is 46.3 Å². The molecule has 2 aliphatic heterocycles. The predicted molar refractivity (Wildman–Crippen MR) is 146 cm³/mol. The van der Waals surface area contributed by atoms with E-state index in [0.29, 0.717) is 15.6 Å². The van der Waals surface area contributed by atoms with E-state index in [0.717, 1.165) is 0 Å². The molecule has 0 saturated carbocycles. The summed E-state index contributed by atoms with van der Waals surface area (Å²) in [6.45, 7) is 1.54. The lowest BCUT2D eigenvalue weighted by molar-refractivity contribution is -0.145. The Hall–Kier alpha value is -4.20. The molecule has 1 amide bonds. The van der Waals surface area contributed by atoms with Gasteiger partial charge in [-0.1, -0.05) is 17.7 Å². The van der Waals surface area contributed by atoms with Gasteiger partial charge in [0, 0.05) is 36.4 Å². The number of sulfonamides is 1. The first kappa shape index (κ1) is 28.3. The van der Waals surface area contributed by atoms with E-state index in [2.05, 4.69) is 4.98 Å². The summed E-state index contributed by atoms with van der Waals surface area (Å²) >= 11 is 0. The van der Waals surface area contributed by atoms with Crippen LogP contribution in [0.4, 0.5) is 5.69 Å². The number of aliphatic hydroxyl groups is 1. The van der Waals surface area contributed by atoms with Gasteiger partial charge in [0.25, 0.3) is 15.9 Å². The van der Waals surface area contributed by atoms with Gasteiger partial charge in [0.15, 0.2) is 5.54 Å². The SMILES string of the molecule is COc1ccc(S(=O)(=O)N2C(=O)C(c3cccnc3OC)(N3C[C@H](O)C[C@H]3C(=O)O)c3cc(C)ccc32)c(OC)c1. The van der Waals surface area contributed by atoms with Gasteiger partial charge >= 0.3 is 5.97 Å². The first-order valence-corrected chi connectivity index (χ1v) is 14.1. The van der Waals surface area contributed by atoms with Crippen molar-refractivity contribution in [1.29, 1.82) is 0 Å². The number of methoxy groups -OCH3 is 3. The minimum Gasteiger partial charge on any atom is -0.497 e. The van der Waals surface area contributed by atoms with Crippen molar-refractivity contribution in [3.05, 3.63) is 71.4 Å². The molecule has 12 nitrogen and oxygen atoms in total. The van der Waals surface area contributed by atoms with Crippen LogP contribution in [-0.4, -0.2) is 80.4 Å². The zero-order chi connectivity index (χ0) is 29.7. The van der Waals surface area contributed by atoms with Gasteiger partial charge in [0.1, 0.15) is 22.4 Å². The number of carbonyl (C=O) groups is 2. The Bertz CT molecular complexity index is 1640. The summed E-state index contributed by atoms with van der Waals surface area (Å²) in [5.74, 6) is -1.96. The number of aliphatic hydroxyl groups excluding tert-OH is 1. The summed E-state index contributed by atoms with van der Waals surface area (Å²) < 4.78 is 45.5. The number of aliphatic carboxylic acids is 1. The monoisotopic (exact) mass is 583 g/mol. The maximum Gasteiger partial charge on any atom is 0.321 e. The molecular formula is C28H29N3O9S. The molecule has 2 aliphatic rings. The lowest BCUT2D eigenvalue weighted by atomic mass is 9.81. The van der Waals surface area contributed by atoms with Crippen LogP contribution >= 0.6 is 0 Å². The highest BCUT2D eigenvalue weighted by atomic mass is 32.2. The van der Waals surface area contributed by atoms with Crippen molar-refractivity contribution in [2.24, 2.45) is 0 Å². The van der Waals surface area contributed by atoms with E-state index >= 15 is 0 Å². The Morgan fingerprint density at radius 2 is 1.80 bits per heavy atom. The number of carboxylic acids is 1. The summed E-state index contributed by atoms with van der Waals surface area (Å²) in [4.78, 5) is 32.7. The molecule has 1 fully saturated rings. The summed E-state index contributed by atoms with van der Waals surface area (Å²) in [7, 11) is -0.591. The third-order valence-electron chi connectivity index (χ3n) is 7.49. The number of carboxylic acid groups (broad SMARTS) is 1. The fourth-order valence-corrected chi connectivity index (χ4v) is 7.36. The number of nitrogens with zero attached hydrogens (tertiary/aromatic N) is 3. The van der Waals surface area contributed by atoms with Crippen LogP contribution in [0.15, 0.2) is 59.6 Å². The Morgan fingerprint density at radius 3 is 2.46 bits per heavy atom. The molecule has 41 heavy (non-hydrogen) atoms. The summed E-state index contributed by atoms with van der Waals surface area (Å²) in [5, 5.41) is 20.8. The maximum atomic E-state index is 15.0. The van der Waals surface area contributed by atoms with Crippen molar-refractivity contribution in [2.75, 3.05) is 32.2 Å². The molecule has 1 aromatic heterocycles. The quantitative estimate of drug-likeness (QED) is 0.399. The molecule has 2 N–H and O–H groups in total. The first-order chi connectivity index (χ1) is 19.5. The van der Waals surface area contributed by atoms with E-state index in [9.17, 15) is 28.2 Å². The van der Waals surface area contributed by atoms with Crippen LogP contribution in [0.3, 0.4) is 0 Å². The van der Waals surface area contributed by atoms with Crippen LogP contribution in [-0.2, 0) is 25.2 Å². The number of hydrogen-bond acceptors (Lipinski definition) is 10. The number of β-amino-alcohol motifs (C(OH)–C–C–N with tert-alkyl or cyclic N) is 1. The number of benzene rings is 2. The van der Waals surface area contributed by atoms with Gasteiger partial charge in [-0.05, 0) is 37.3 Å². The van der Waals surface area contributed by atoms with Gasteiger partial charge in [-0.25, -0.2) is 17.7 Å². The lowest BCUT2D eigenvalue weighted by Gasteiger charge is -2.40. The summed E-state index contributed by atoms with van der Waals surface area (Å²) in [6, 6.07) is 10.7. The molecule has 1 saturated heterocycles. The number of aryl methyl sites for hydroxylation is 1. The van der Waals surface area contributed by atoms with Crippen LogP contribution < -0.4 is 18.5 Å². The topological polar surface area (TPSA) is 156 Å². The number of ether oxygens (including phenoxy) is 3. The number of rotatable bonds is 8. The fraction of sp³-hybridized carbons (Fsp3) is 0.321. The zero-order valence-electron chi connectivity index (χ0n) is 22.8. The standard InChI is InChI=1S/C28H29N3O9S/c1-16-7-9-21-20(12-16)28(19-6-5-11-29-25(19)40-4,30-15-17(32)13-22(30)26(33)34)27(35)31(21)41(36,37)24-10-8-18(38-2)14-23(24)39-3/h5-12,14,17,22,32H,13,15H2,1-4H3,(H,33,34)/t17-,22+,28?/m1/s1. The predicted octanol–water partition coefficient (Wildman–Crippen LogP) is 1.91. The number of hydrogen-bond donors (Lipinski definition) is 2. The normalized spacial score (nSPS) is 22.5. The molecule has 0 aliphatic carbocycles. The smallest absolute Gasteiger partial charge is 0.321 e. The average Bonchev–Trinajstić information content (AvgIpc) is 3.47. The molecule has 3 aromatic rings. The highest BCUT2D eigenvalue weighted by molar-refractivity contribution is 7.93. The first-order valence-electron chi connectivity index (χ1n) is 12.6. The summed E-state index contributed by atoms with van der Waals surface area (Å²) in [6.07, 6.45) is 0.174. The van der Waals surface area contributed by atoms with Gasteiger partial charge in [-0.2, -0.15) is 0 Å². The number of carbonyl (C=O) groups excluding carboxylic acids is 1. The van der Waals surface area contributed by atoms with Crippen molar-refractivity contribution < 1.29 is 42.4 Å². The number of aromatic nitrogens is 1. The Balaban J connectivity index is 1.86. The average molecular weight is 584 g/mol. The highest BCUT2D eigenvalue weighted by Gasteiger charge is 2.64. The Labute approximate surface area is 236 Å². The van der Waals surface area contributed by atoms with Gasteiger partial charge < -0.3 is 24.4 Å². The second kappa shape index (κ2) is 10.3. The largest absolute Gasteiger partial charge is 0.497 e. The highest BCUT2D eigenvalue weighted by Crippen LogP contribution is 2.54. The molecule has 216 valence electrons. The summed E-state index contributed by atoms with van der Waals surface area (Å²) in [5.41, 5.74) is -0.968. The molecule has 0 radical (unpaired) electrons. The molecule has 1 unspecified atom stereocenters. The van der Waals surface area contributed by atoms with Gasteiger partial charge in [0.2, 0.25) is 5.88 Å². The van der Waals surface area contributed by atoms with Gasteiger partial charge in [-0.15, -0.1) is 0 Å². The third-order valence-corrected chi connectivity index (χ3v) is 9.23. The molecule has 3 heterocycles. The molecule has 13 heteroatoms. The molecule has 0 bridgehead atoms. The Kier molecular flexibility index (Phi) is 7.14. The van der Waals surface area contributed by atoms with E-state index < -0.39 is 39.6 Å². The zero-order valence-corrected chi connectivity index (χ0v) is 23.6. The minimum atomic E-state index is -4.66. The van der Waals surface area contributed by atoms with Crippen LogP contribution in [0.1, 0.15) is 23.1 Å². The van der Waals surface area contributed by atoms with Crippen molar-refractivity contribution in [1.82, 2.24) is 9.88 Å².